The molecule has 4 rings (SSSR count). The number of aliphatic hydroxyl groups is 1. The van der Waals surface area contributed by atoms with E-state index in [0.717, 1.165) is 27.9 Å². The van der Waals surface area contributed by atoms with Crippen LogP contribution in [0.4, 0.5) is 0 Å². The second-order valence-electron chi connectivity index (χ2n) is 7.77. The minimum Gasteiger partial charge on any atom is -0.474 e. The minimum atomic E-state index is -0.0794. The molecule has 1 saturated heterocycles. The molecule has 1 aliphatic heterocycles. The average Bonchev–Trinajstić information content (AvgIpc) is 3.12. The number of benzene rings is 2. The molecule has 0 atom stereocenters. The number of nitriles is 1. The van der Waals surface area contributed by atoms with Crippen molar-refractivity contribution in [2.75, 3.05) is 26.3 Å². The Morgan fingerprint density at radius 3 is 2.68 bits per heavy atom. The van der Waals surface area contributed by atoms with Gasteiger partial charge in [-0.3, -0.25) is 9.89 Å². The standard InChI is InChI=1S/C24H24N4O3/c1-15-3-6-19(11-21(15)22-16(2)23(27-26-22)31-10-9-29)24(30)28-13-20(14-28)18-7-4-17(12-25)5-8-18/h3-8,11,20,29H,9-10,13-14H2,1-2H3,(H,26,27). The SMILES string of the molecule is Cc1ccc(C(=O)N2CC(c3ccc(C#N)cc3)C2)cc1-c1[nH]nc(OCCO)c1C. The summed E-state index contributed by atoms with van der Waals surface area (Å²) in [5.74, 6) is 0.746. The van der Waals surface area contributed by atoms with Gasteiger partial charge in [0.05, 0.1) is 23.9 Å². The Kier molecular flexibility index (Phi) is 5.74. The number of carbonyl (C=O) groups is 1. The molecule has 2 heterocycles. The van der Waals surface area contributed by atoms with E-state index in [4.69, 9.17) is 15.1 Å². The van der Waals surface area contributed by atoms with Crippen molar-refractivity contribution in [3.63, 3.8) is 0 Å². The van der Waals surface area contributed by atoms with Crippen LogP contribution in [0.2, 0.25) is 0 Å². The van der Waals surface area contributed by atoms with Crippen LogP contribution in [0.5, 0.6) is 5.88 Å². The molecule has 7 heteroatoms. The third kappa shape index (κ3) is 4.03. The van der Waals surface area contributed by atoms with Crippen LogP contribution >= 0.6 is 0 Å². The van der Waals surface area contributed by atoms with Crippen molar-refractivity contribution < 1.29 is 14.6 Å². The molecule has 31 heavy (non-hydrogen) atoms. The molecule has 7 nitrogen and oxygen atoms in total. The maximum atomic E-state index is 13.0. The third-order valence-electron chi connectivity index (χ3n) is 5.73. The van der Waals surface area contributed by atoms with E-state index in [0.29, 0.717) is 36.0 Å². The van der Waals surface area contributed by atoms with Crippen LogP contribution in [0.25, 0.3) is 11.3 Å². The molecule has 158 valence electrons. The van der Waals surface area contributed by atoms with Crippen LogP contribution < -0.4 is 4.74 Å². The molecule has 1 aromatic heterocycles. The Labute approximate surface area is 180 Å². The molecular weight excluding hydrogens is 392 g/mol. The molecule has 3 aromatic rings. The quantitative estimate of drug-likeness (QED) is 0.643. The lowest BCUT2D eigenvalue weighted by Gasteiger charge is -2.39. The van der Waals surface area contributed by atoms with Crippen molar-refractivity contribution in [2.24, 2.45) is 0 Å². The first-order valence-electron chi connectivity index (χ1n) is 10.2. The van der Waals surface area contributed by atoms with Crippen LogP contribution in [-0.4, -0.2) is 52.4 Å². The highest BCUT2D eigenvalue weighted by Crippen LogP contribution is 2.32. The van der Waals surface area contributed by atoms with Crippen LogP contribution in [-0.2, 0) is 0 Å². The monoisotopic (exact) mass is 416 g/mol. The van der Waals surface area contributed by atoms with E-state index in [2.05, 4.69) is 16.3 Å². The van der Waals surface area contributed by atoms with Crippen molar-refractivity contribution in [3.8, 4) is 23.2 Å². The van der Waals surface area contributed by atoms with E-state index >= 15 is 0 Å². The Hall–Kier alpha value is -3.63. The Balaban J connectivity index is 1.49. The number of aryl methyl sites for hydroxylation is 1. The number of ether oxygens (including phenoxy) is 1. The molecule has 1 amide bonds. The van der Waals surface area contributed by atoms with Crippen molar-refractivity contribution in [1.29, 1.82) is 5.26 Å². The fraction of sp³-hybridized carbons (Fsp3) is 0.292. The predicted octanol–water partition coefficient (Wildman–Crippen LogP) is 3.18. The number of hydrogen-bond acceptors (Lipinski definition) is 5. The minimum absolute atomic E-state index is 0.0000624. The van der Waals surface area contributed by atoms with Gasteiger partial charge < -0.3 is 14.7 Å². The zero-order valence-corrected chi connectivity index (χ0v) is 17.6. The van der Waals surface area contributed by atoms with Gasteiger partial charge in [0.1, 0.15) is 6.61 Å². The van der Waals surface area contributed by atoms with E-state index in [9.17, 15) is 4.79 Å². The summed E-state index contributed by atoms with van der Waals surface area (Å²) in [5.41, 5.74) is 5.99. The van der Waals surface area contributed by atoms with Crippen molar-refractivity contribution in [1.82, 2.24) is 15.1 Å². The van der Waals surface area contributed by atoms with Crippen molar-refractivity contribution in [2.45, 2.75) is 19.8 Å². The normalized spacial score (nSPS) is 13.5. The summed E-state index contributed by atoms with van der Waals surface area (Å²) in [6, 6.07) is 15.4. The molecule has 0 bridgehead atoms. The molecular formula is C24H24N4O3. The number of hydrogen-bond donors (Lipinski definition) is 2. The van der Waals surface area contributed by atoms with E-state index in [-0.39, 0.29) is 19.1 Å². The summed E-state index contributed by atoms with van der Waals surface area (Å²) in [5, 5.41) is 25.1. The molecule has 1 fully saturated rings. The second-order valence-corrected chi connectivity index (χ2v) is 7.77. The van der Waals surface area contributed by atoms with Crippen LogP contribution in [0, 0.1) is 25.2 Å². The highest BCUT2D eigenvalue weighted by atomic mass is 16.5. The highest BCUT2D eigenvalue weighted by molar-refractivity contribution is 5.96. The molecule has 2 aromatic carbocycles. The number of aromatic amines is 1. The Bertz CT molecular complexity index is 1140. The molecule has 2 N–H and O–H groups in total. The van der Waals surface area contributed by atoms with Gasteiger partial charge in [0.2, 0.25) is 5.88 Å². The second kappa shape index (κ2) is 8.62. The zero-order chi connectivity index (χ0) is 22.0. The topological polar surface area (TPSA) is 102 Å². The number of carbonyl (C=O) groups excluding carboxylic acids is 1. The van der Waals surface area contributed by atoms with Gasteiger partial charge in [-0.2, -0.15) is 5.26 Å². The number of likely N-dealkylation sites (tertiary alicyclic amines) is 1. The highest BCUT2D eigenvalue weighted by Gasteiger charge is 2.32. The maximum Gasteiger partial charge on any atom is 0.253 e. The van der Waals surface area contributed by atoms with E-state index in [1.165, 1.54) is 0 Å². The summed E-state index contributed by atoms with van der Waals surface area (Å²) in [6.45, 7) is 5.31. The van der Waals surface area contributed by atoms with Crippen LogP contribution in [0.1, 0.15) is 38.5 Å². The number of nitrogens with one attached hydrogen (secondary N) is 1. The molecule has 0 unspecified atom stereocenters. The van der Waals surface area contributed by atoms with Gasteiger partial charge >= 0.3 is 0 Å². The molecule has 0 radical (unpaired) electrons. The van der Waals surface area contributed by atoms with Crippen molar-refractivity contribution >= 4 is 5.91 Å². The first-order chi connectivity index (χ1) is 15.0. The molecule has 1 aliphatic rings. The fourth-order valence-electron chi connectivity index (χ4n) is 3.82. The van der Waals surface area contributed by atoms with Gasteiger partial charge in [0, 0.05) is 35.7 Å². The molecule has 0 spiro atoms. The number of aromatic nitrogens is 2. The summed E-state index contributed by atoms with van der Waals surface area (Å²) in [7, 11) is 0. The first-order valence-corrected chi connectivity index (χ1v) is 10.2. The zero-order valence-electron chi connectivity index (χ0n) is 17.6. The number of amides is 1. The van der Waals surface area contributed by atoms with Crippen LogP contribution in [0.15, 0.2) is 42.5 Å². The molecule has 0 aliphatic carbocycles. The largest absolute Gasteiger partial charge is 0.474 e. The smallest absolute Gasteiger partial charge is 0.253 e. The van der Waals surface area contributed by atoms with Gasteiger partial charge in [-0.25, -0.2) is 0 Å². The lowest BCUT2D eigenvalue weighted by atomic mass is 9.90. The van der Waals surface area contributed by atoms with Crippen molar-refractivity contribution in [3.05, 3.63) is 70.3 Å². The van der Waals surface area contributed by atoms with Gasteiger partial charge in [0.15, 0.2) is 0 Å². The van der Waals surface area contributed by atoms with Gasteiger partial charge in [-0.1, -0.05) is 18.2 Å². The number of aliphatic hydroxyl groups excluding tert-OH is 1. The number of nitrogens with zero attached hydrogens (tertiary/aromatic N) is 3. The third-order valence-corrected chi connectivity index (χ3v) is 5.73. The van der Waals surface area contributed by atoms with E-state index in [1.807, 2.05) is 61.2 Å². The summed E-state index contributed by atoms with van der Waals surface area (Å²) < 4.78 is 5.45. The summed E-state index contributed by atoms with van der Waals surface area (Å²) in [4.78, 5) is 14.9. The number of H-pyrrole nitrogens is 1. The Morgan fingerprint density at radius 2 is 2.00 bits per heavy atom. The molecule has 0 saturated carbocycles. The lowest BCUT2D eigenvalue weighted by Crippen LogP contribution is -2.48. The lowest BCUT2D eigenvalue weighted by molar-refractivity contribution is 0.0602. The Morgan fingerprint density at radius 1 is 1.26 bits per heavy atom. The predicted molar refractivity (Wildman–Crippen MR) is 116 cm³/mol. The van der Waals surface area contributed by atoms with Gasteiger partial charge in [0.25, 0.3) is 5.91 Å². The summed E-state index contributed by atoms with van der Waals surface area (Å²) >= 11 is 0. The van der Waals surface area contributed by atoms with Crippen LogP contribution in [0.3, 0.4) is 0 Å². The van der Waals surface area contributed by atoms with E-state index in [1.54, 1.807) is 0 Å². The van der Waals surface area contributed by atoms with Gasteiger partial charge in [-0.15, -0.1) is 5.10 Å². The fourth-order valence-corrected chi connectivity index (χ4v) is 3.82. The first kappa shape index (κ1) is 20.6. The van der Waals surface area contributed by atoms with Gasteiger partial charge in [-0.05, 0) is 49.2 Å². The summed E-state index contributed by atoms with van der Waals surface area (Å²) in [6.07, 6.45) is 0. The number of rotatable bonds is 6. The average molecular weight is 416 g/mol. The maximum absolute atomic E-state index is 13.0. The van der Waals surface area contributed by atoms with E-state index < -0.39 is 0 Å².